The summed E-state index contributed by atoms with van der Waals surface area (Å²) in [5.41, 5.74) is 3.18. The molecule has 0 bridgehead atoms. The predicted molar refractivity (Wildman–Crippen MR) is 180 cm³/mol. The Balaban J connectivity index is 1.52. The molecule has 3 aromatic carbocycles. The lowest BCUT2D eigenvalue weighted by molar-refractivity contribution is 0.299. The molecular weight excluding hydrogens is 736 g/mol. The summed E-state index contributed by atoms with van der Waals surface area (Å²) >= 11 is 4.64. The number of unbranched alkanes of at least 4 members (excludes halogenated alkanes) is 3. The number of halogens is 2. The van der Waals surface area contributed by atoms with Gasteiger partial charge in [0.25, 0.3) is 0 Å². The molecule has 0 heterocycles. The SMILES string of the molecule is CCCCCCOc1cc(I)c(OCCN(CC)c2ccc(/C=C/c3ccc(S(C)(=O)=O)cc3)cc2)cc1I. The van der Waals surface area contributed by atoms with E-state index >= 15 is 0 Å². The minimum Gasteiger partial charge on any atom is -0.492 e. The Kier molecular flexibility index (Phi) is 12.9. The minimum atomic E-state index is -3.18. The molecule has 0 aliphatic rings. The topological polar surface area (TPSA) is 55.8 Å². The van der Waals surface area contributed by atoms with Crippen molar-refractivity contribution < 1.29 is 17.9 Å². The van der Waals surface area contributed by atoms with Gasteiger partial charge < -0.3 is 14.4 Å². The molecule has 210 valence electrons. The second-order valence-electron chi connectivity index (χ2n) is 9.32. The smallest absolute Gasteiger partial charge is 0.175 e. The molecule has 0 radical (unpaired) electrons. The normalized spacial score (nSPS) is 11.6. The first kappa shape index (κ1) is 31.7. The molecule has 0 amide bonds. The quantitative estimate of drug-likeness (QED) is 0.0884. The van der Waals surface area contributed by atoms with Crippen LogP contribution in [-0.4, -0.2) is 41.0 Å². The van der Waals surface area contributed by atoms with Gasteiger partial charge in [-0.05, 0) is 106 Å². The Morgan fingerprint density at radius 1 is 0.769 bits per heavy atom. The van der Waals surface area contributed by atoms with Gasteiger partial charge in [-0.25, -0.2) is 8.42 Å². The molecule has 8 heteroatoms. The third kappa shape index (κ3) is 10.3. The van der Waals surface area contributed by atoms with Gasteiger partial charge in [0.2, 0.25) is 0 Å². The highest BCUT2D eigenvalue weighted by atomic mass is 127. The fourth-order valence-corrected chi connectivity index (χ4v) is 5.81. The standard InChI is InChI=1S/C31H37I2NO4S/c1-4-6-7-8-20-37-30-22-29(33)31(23-28(30)32)38-21-19-34(5-2)26-15-11-24(12-16-26)9-10-25-13-17-27(18-14-25)39(3,35)36/h9-18,22-23H,4-8,19-21H2,1-3H3/b10-9+. The van der Waals surface area contributed by atoms with E-state index in [2.05, 4.69) is 100 Å². The molecule has 3 rings (SSSR count). The number of rotatable bonds is 15. The van der Waals surface area contributed by atoms with E-state index in [1.165, 1.54) is 25.5 Å². The van der Waals surface area contributed by atoms with Crippen molar-refractivity contribution in [3.05, 3.63) is 78.9 Å². The first-order chi connectivity index (χ1) is 18.7. The number of nitrogens with zero attached hydrogens (tertiary/aromatic N) is 1. The molecule has 0 aliphatic heterocycles. The fourth-order valence-electron chi connectivity index (χ4n) is 3.99. The van der Waals surface area contributed by atoms with E-state index < -0.39 is 9.84 Å². The molecular formula is C31H37I2NO4S. The maximum Gasteiger partial charge on any atom is 0.175 e. The summed E-state index contributed by atoms with van der Waals surface area (Å²) < 4.78 is 37.6. The number of hydrogen-bond acceptors (Lipinski definition) is 5. The lowest BCUT2D eigenvalue weighted by Gasteiger charge is -2.23. The van der Waals surface area contributed by atoms with Crippen molar-refractivity contribution >= 4 is 72.9 Å². The van der Waals surface area contributed by atoms with E-state index in [0.29, 0.717) is 11.5 Å². The highest BCUT2D eigenvalue weighted by Crippen LogP contribution is 2.31. The molecule has 0 fully saturated rings. The van der Waals surface area contributed by atoms with Crippen molar-refractivity contribution in [1.29, 1.82) is 0 Å². The second-order valence-corrected chi connectivity index (χ2v) is 13.7. The van der Waals surface area contributed by atoms with Crippen molar-refractivity contribution in [1.82, 2.24) is 0 Å². The summed E-state index contributed by atoms with van der Waals surface area (Å²) in [5.74, 6) is 1.82. The molecule has 0 spiro atoms. The molecule has 0 N–H and O–H groups in total. The zero-order valence-corrected chi connectivity index (χ0v) is 28.0. The number of benzene rings is 3. The van der Waals surface area contributed by atoms with Crippen LogP contribution in [0.3, 0.4) is 0 Å². The van der Waals surface area contributed by atoms with E-state index in [9.17, 15) is 8.42 Å². The van der Waals surface area contributed by atoms with Crippen LogP contribution < -0.4 is 14.4 Å². The summed E-state index contributed by atoms with van der Waals surface area (Å²) in [6.45, 7) is 7.36. The average molecular weight is 774 g/mol. The van der Waals surface area contributed by atoms with Crippen LogP contribution in [0.15, 0.2) is 65.6 Å². The summed E-state index contributed by atoms with van der Waals surface area (Å²) in [5, 5.41) is 0. The van der Waals surface area contributed by atoms with Gasteiger partial charge in [-0.2, -0.15) is 0 Å². The van der Waals surface area contributed by atoms with E-state index in [1.54, 1.807) is 12.1 Å². The number of anilines is 1. The lowest BCUT2D eigenvalue weighted by atomic mass is 10.1. The van der Waals surface area contributed by atoms with Gasteiger partial charge in [0.15, 0.2) is 9.84 Å². The van der Waals surface area contributed by atoms with E-state index in [0.717, 1.165) is 61.6 Å². The molecule has 0 saturated heterocycles. The molecule has 0 aliphatic carbocycles. The maximum atomic E-state index is 11.6. The van der Waals surface area contributed by atoms with Crippen LogP contribution in [0.5, 0.6) is 11.5 Å². The van der Waals surface area contributed by atoms with Gasteiger partial charge in [0.05, 0.1) is 25.2 Å². The van der Waals surface area contributed by atoms with Crippen LogP contribution >= 0.6 is 45.2 Å². The van der Waals surface area contributed by atoms with Crippen molar-refractivity contribution in [2.45, 2.75) is 44.4 Å². The Bertz CT molecular complexity index is 1320. The molecule has 0 saturated carbocycles. The fraction of sp³-hybridized carbons (Fsp3) is 0.355. The number of likely N-dealkylation sites (N-methyl/N-ethyl adjacent to an activating group) is 1. The van der Waals surface area contributed by atoms with Crippen LogP contribution in [0.4, 0.5) is 5.69 Å². The first-order valence-electron chi connectivity index (χ1n) is 13.3. The second kappa shape index (κ2) is 15.9. The number of ether oxygens (including phenoxy) is 2. The first-order valence-corrected chi connectivity index (χ1v) is 17.3. The molecule has 0 atom stereocenters. The summed E-state index contributed by atoms with van der Waals surface area (Å²) in [4.78, 5) is 2.62. The van der Waals surface area contributed by atoms with Gasteiger partial charge >= 0.3 is 0 Å². The molecule has 0 aromatic heterocycles. The monoisotopic (exact) mass is 773 g/mol. The largest absolute Gasteiger partial charge is 0.492 e. The highest BCUT2D eigenvalue weighted by Gasteiger charge is 2.11. The molecule has 39 heavy (non-hydrogen) atoms. The van der Waals surface area contributed by atoms with Crippen molar-refractivity contribution in [3.8, 4) is 11.5 Å². The summed E-state index contributed by atoms with van der Waals surface area (Å²) in [7, 11) is -3.18. The molecule has 5 nitrogen and oxygen atoms in total. The zero-order valence-electron chi connectivity index (χ0n) is 22.8. The Morgan fingerprint density at radius 2 is 1.31 bits per heavy atom. The molecule has 0 unspecified atom stereocenters. The Hall–Kier alpha value is -1.79. The lowest BCUT2D eigenvalue weighted by Crippen LogP contribution is -2.28. The van der Waals surface area contributed by atoms with Gasteiger partial charge in [-0.1, -0.05) is 62.6 Å². The highest BCUT2D eigenvalue weighted by molar-refractivity contribution is 14.1. The minimum absolute atomic E-state index is 0.330. The third-order valence-corrected chi connectivity index (χ3v) is 9.09. The zero-order chi connectivity index (χ0) is 28.3. The van der Waals surface area contributed by atoms with Crippen molar-refractivity contribution in [3.63, 3.8) is 0 Å². The number of hydrogen-bond donors (Lipinski definition) is 0. The Morgan fingerprint density at radius 3 is 1.82 bits per heavy atom. The maximum absolute atomic E-state index is 11.6. The van der Waals surface area contributed by atoms with E-state index in [1.807, 2.05) is 24.3 Å². The van der Waals surface area contributed by atoms with Crippen molar-refractivity contribution in [2.24, 2.45) is 0 Å². The predicted octanol–water partition coefficient (Wildman–Crippen LogP) is 8.33. The number of sulfone groups is 1. The van der Waals surface area contributed by atoms with Gasteiger partial charge in [-0.3, -0.25) is 0 Å². The van der Waals surface area contributed by atoms with Gasteiger partial charge in [0.1, 0.15) is 18.1 Å². The third-order valence-electron chi connectivity index (χ3n) is 6.28. The van der Waals surface area contributed by atoms with E-state index in [4.69, 9.17) is 9.47 Å². The molecule has 3 aromatic rings. The average Bonchev–Trinajstić information content (AvgIpc) is 2.92. The van der Waals surface area contributed by atoms with Gasteiger partial charge in [0, 0.05) is 18.5 Å². The van der Waals surface area contributed by atoms with Crippen molar-refractivity contribution in [2.75, 3.05) is 37.5 Å². The van der Waals surface area contributed by atoms with E-state index in [-0.39, 0.29) is 0 Å². The summed E-state index contributed by atoms with van der Waals surface area (Å²) in [6.07, 6.45) is 10.0. The van der Waals surface area contributed by atoms with Crippen LogP contribution in [0.2, 0.25) is 0 Å². The van der Waals surface area contributed by atoms with Crippen LogP contribution in [0.1, 0.15) is 50.7 Å². The Labute approximate surface area is 261 Å². The van der Waals surface area contributed by atoms with Crippen LogP contribution in [0, 0.1) is 7.14 Å². The van der Waals surface area contributed by atoms with Crippen LogP contribution in [-0.2, 0) is 9.84 Å². The summed E-state index contributed by atoms with van der Waals surface area (Å²) in [6, 6.07) is 19.5. The van der Waals surface area contributed by atoms with Crippen LogP contribution in [0.25, 0.3) is 12.2 Å². The van der Waals surface area contributed by atoms with Gasteiger partial charge in [-0.15, -0.1) is 0 Å².